The van der Waals surface area contributed by atoms with E-state index in [9.17, 15) is 5.11 Å². The summed E-state index contributed by atoms with van der Waals surface area (Å²) in [5, 5.41) is 12.1. The molecule has 2 aromatic carbocycles. The molecule has 0 heterocycles. The fourth-order valence-corrected chi connectivity index (χ4v) is 2.59. The molecule has 0 saturated heterocycles. The predicted octanol–water partition coefficient (Wildman–Crippen LogP) is 4.03. The van der Waals surface area contributed by atoms with Crippen LogP contribution in [0.4, 0.5) is 0 Å². The minimum atomic E-state index is -0.515. The summed E-state index contributed by atoms with van der Waals surface area (Å²) in [5.41, 5.74) is 0.861. The molecule has 3 heteroatoms. The second-order valence-electron chi connectivity index (χ2n) is 4.43. The number of aliphatic hydroxyl groups excluding tert-OH is 1. The van der Waals surface area contributed by atoms with Gasteiger partial charge in [0, 0.05) is 16.7 Å². The van der Waals surface area contributed by atoms with Crippen LogP contribution in [0.3, 0.4) is 0 Å². The van der Waals surface area contributed by atoms with E-state index in [4.69, 9.17) is 4.74 Å². The van der Waals surface area contributed by atoms with E-state index in [1.165, 1.54) is 0 Å². The lowest BCUT2D eigenvalue weighted by atomic mass is 10.0. The fraction of sp³-hybridized carbons (Fsp3) is 0.375. The molecular weight excluding hydrogens is 256 g/mol. The molecule has 0 amide bonds. The summed E-state index contributed by atoms with van der Waals surface area (Å²) in [7, 11) is 0. The zero-order valence-electron chi connectivity index (χ0n) is 11.4. The van der Waals surface area contributed by atoms with Crippen molar-refractivity contribution in [2.24, 2.45) is 0 Å². The monoisotopic (exact) mass is 276 g/mol. The first-order valence-electron chi connectivity index (χ1n) is 6.64. The number of thioether (sulfide) groups is 1. The quantitative estimate of drug-likeness (QED) is 0.808. The maximum absolute atomic E-state index is 9.88. The van der Waals surface area contributed by atoms with Crippen molar-refractivity contribution in [1.82, 2.24) is 0 Å². The molecule has 1 N–H and O–H groups in total. The largest absolute Gasteiger partial charge is 0.492 e. The van der Waals surface area contributed by atoms with Crippen molar-refractivity contribution >= 4 is 22.5 Å². The molecule has 0 aliphatic carbocycles. The molecule has 0 aliphatic rings. The molecule has 0 bridgehead atoms. The van der Waals surface area contributed by atoms with Gasteiger partial charge in [-0.05, 0) is 18.1 Å². The van der Waals surface area contributed by atoms with E-state index in [-0.39, 0.29) is 0 Å². The Labute approximate surface area is 118 Å². The molecule has 1 atom stereocenters. The molecule has 0 aromatic heterocycles. The zero-order valence-corrected chi connectivity index (χ0v) is 12.2. The Kier molecular flexibility index (Phi) is 5.11. The van der Waals surface area contributed by atoms with Gasteiger partial charge >= 0.3 is 0 Å². The number of rotatable bonds is 6. The van der Waals surface area contributed by atoms with Gasteiger partial charge in [0.2, 0.25) is 0 Å². The Hall–Kier alpha value is -1.19. The second-order valence-corrected chi connectivity index (χ2v) is 5.82. The molecule has 2 aromatic rings. The van der Waals surface area contributed by atoms with Crippen LogP contribution in [0.15, 0.2) is 36.4 Å². The van der Waals surface area contributed by atoms with Crippen LogP contribution in [0.5, 0.6) is 5.75 Å². The number of fused-ring (bicyclic) bond motifs is 1. The number of hydrogen-bond donors (Lipinski definition) is 1. The van der Waals surface area contributed by atoms with Crippen LogP contribution in [0.2, 0.25) is 0 Å². The number of ether oxygens (including phenoxy) is 1. The van der Waals surface area contributed by atoms with Crippen molar-refractivity contribution in [3.63, 3.8) is 0 Å². The highest BCUT2D eigenvalue weighted by atomic mass is 32.2. The van der Waals surface area contributed by atoms with E-state index < -0.39 is 6.10 Å². The van der Waals surface area contributed by atoms with Crippen LogP contribution in [0.25, 0.3) is 10.8 Å². The molecule has 2 nitrogen and oxygen atoms in total. The van der Waals surface area contributed by atoms with Gasteiger partial charge in [-0.1, -0.05) is 43.3 Å². The Morgan fingerprint density at radius 3 is 2.74 bits per heavy atom. The lowest BCUT2D eigenvalue weighted by Crippen LogP contribution is -2.05. The summed E-state index contributed by atoms with van der Waals surface area (Å²) in [6.07, 6.45) is -0.515. The van der Waals surface area contributed by atoms with Crippen LogP contribution >= 0.6 is 11.8 Å². The van der Waals surface area contributed by atoms with Gasteiger partial charge in [-0.25, -0.2) is 0 Å². The van der Waals surface area contributed by atoms with Gasteiger partial charge in [-0.15, -0.1) is 0 Å². The maximum atomic E-state index is 9.88. The molecule has 0 saturated carbocycles. The van der Waals surface area contributed by atoms with Gasteiger partial charge in [0.25, 0.3) is 0 Å². The van der Waals surface area contributed by atoms with Gasteiger partial charge < -0.3 is 9.84 Å². The fourth-order valence-electron chi connectivity index (χ4n) is 2.10. The van der Waals surface area contributed by atoms with Crippen molar-refractivity contribution < 1.29 is 9.84 Å². The van der Waals surface area contributed by atoms with Crippen LogP contribution in [0.1, 0.15) is 25.5 Å². The highest BCUT2D eigenvalue weighted by Crippen LogP contribution is 2.33. The third-order valence-electron chi connectivity index (χ3n) is 3.04. The van der Waals surface area contributed by atoms with Crippen LogP contribution in [-0.2, 0) is 0 Å². The molecule has 0 spiro atoms. The minimum absolute atomic E-state index is 0.515. The Bertz CT molecular complexity index is 537. The van der Waals surface area contributed by atoms with Gasteiger partial charge in [0.05, 0.1) is 12.7 Å². The molecule has 0 radical (unpaired) electrons. The molecule has 0 fully saturated rings. The van der Waals surface area contributed by atoms with E-state index in [1.54, 1.807) is 6.92 Å². The summed E-state index contributed by atoms with van der Waals surface area (Å²) in [6.45, 7) is 4.59. The van der Waals surface area contributed by atoms with Gasteiger partial charge in [0.1, 0.15) is 5.75 Å². The molecule has 102 valence electrons. The van der Waals surface area contributed by atoms with Gasteiger partial charge in [0.15, 0.2) is 0 Å². The van der Waals surface area contributed by atoms with E-state index in [0.29, 0.717) is 6.61 Å². The van der Waals surface area contributed by atoms with Crippen molar-refractivity contribution in [2.75, 3.05) is 18.1 Å². The summed E-state index contributed by atoms with van der Waals surface area (Å²) >= 11 is 1.86. The third kappa shape index (κ3) is 3.43. The molecule has 1 unspecified atom stereocenters. The Balaban J connectivity index is 2.33. The topological polar surface area (TPSA) is 29.5 Å². The lowest BCUT2D eigenvalue weighted by Gasteiger charge is -2.16. The third-order valence-corrected chi connectivity index (χ3v) is 3.90. The van der Waals surface area contributed by atoms with E-state index >= 15 is 0 Å². The van der Waals surface area contributed by atoms with Crippen LogP contribution in [0, 0.1) is 0 Å². The van der Waals surface area contributed by atoms with E-state index in [0.717, 1.165) is 33.6 Å². The lowest BCUT2D eigenvalue weighted by molar-refractivity contribution is 0.193. The summed E-state index contributed by atoms with van der Waals surface area (Å²) < 4.78 is 5.93. The Morgan fingerprint density at radius 2 is 2.00 bits per heavy atom. The van der Waals surface area contributed by atoms with Gasteiger partial charge in [-0.2, -0.15) is 11.8 Å². The molecule has 0 aliphatic heterocycles. The van der Waals surface area contributed by atoms with Gasteiger partial charge in [-0.3, -0.25) is 0 Å². The smallest absolute Gasteiger partial charge is 0.132 e. The average Bonchev–Trinajstić information content (AvgIpc) is 2.43. The molecule has 19 heavy (non-hydrogen) atoms. The van der Waals surface area contributed by atoms with Crippen LogP contribution < -0.4 is 4.74 Å². The Morgan fingerprint density at radius 1 is 1.21 bits per heavy atom. The maximum Gasteiger partial charge on any atom is 0.132 e. The standard InChI is InChI=1S/C16H20O2S/c1-3-19-11-10-18-16-14(12(2)17)9-8-13-6-4-5-7-15(13)16/h4-9,12,17H,3,10-11H2,1-2H3. The van der Waals surface area contributed by atoms with Crippen molar-refractivity contribution in [3.05, 3.63) is 42.0 Å². The van der Waals surface area contributed by atoms with Crippen LogP contribution in [-0.4, -0.2) is 23.2 Å². The molecular formula is C16H20O2S. The van der Waals surface area contributed by atoms with E-state index in [2.05, 4.69) is 13.0 Å². The molecule has 2 rings (SSSR count). The highest BCUT2D eigenvalue weighted by molar-refractivity contribution is 7.99. The first-order valence-corrected chi connectivity index (χ1v) is 7.79. The summed E-state index contributed by atoms with van der Waals surface area (Å²) in [6, 6.07) is 12.1. The van der Waals surface area contributed by atoms with Crippen molar-refractivity contribution in [1.29, 1.82) is 0 Å². The number of benzene rings is 2. The van der Waals surface area contributed by atoms with E-state index in [1.807, 2.05) is 42.1 Å². The number of hydrogen-bond acceptors (Lipinski definition) is 3. The predicted molar refractivity (Wildman–Crippen MR) is 83.1 cm³/mol. The summed E-state index contributed by atoms with van der Waals surface area (Å²) in [5.74, 6) is 2.89. The minimum Gasteiger partial charge on any atom is -0.492 e. The normalized spacial score (nSPS) is 12.6. The summed E-state index contributed by atoms with van der Waals surface area (Å²) in [4.78, 5) is 0. The average molecular weight is 276 g/mol. The zero-order chi connectivity index (χ0) is 13.7. The first-order chi connectivity index (χ1) is 9.24. The first kappa shape index (κ1) is 14.2. The van der Waals surface area contributed by atoms with Crippen molar-refractivity contribution in [3.8, 4) is 5.75 Å². The second kappa shape index (κ2) is 6.83. The SMILES string of the molecule is CCSCCOc1c(C(C)O)ccc2ccccc12. The van der Waals surface area contributed by atoms with Crippen molar-refractivity contribution in [2.45, 2.75) is 20.0 Å². The highest BCUT2D eigenvalue weighted by Gasteiger charge is 2.12. The number of aliphatic hydroxyl groups is 1.